The molecule has 1 aromatic heterocycles. The highest BCUT2D eigenvalue weighted by atomic mass is 32.2. The largest absolute Gasteiger partial charge is 0.441 e. The molecule has 1 aromatic carbocycles. The van der Waals surface area contributed by atoms with Crippen LogP contribution in [0.2, 0.25) is 0 Å². The highest BCUT2D eigenvalue weighted by molar-refractivity contribution is 7.86. The lowest BCUT2D eigenvalue weighted by Crippen LogP contribution is -2.48. The summed E-state index contributed by atoms with van der Waals surface area (Å²) >= 11 is 0. The van der Waals surface area contributed by atoms with Crippen molar-refractivity contribution in [2.45, 2.75) is 25.8 Å². The summed E-state index contributed by atoms with van der Waals surface area (Å²) in [5, 5.41) is 0. The second-order valence-corrected chi connectivity index (χ2v) is 9.07. The molecule has 0 bridgehead atoms. The Balaban J connectivity index is 1.47. The zero-order chi connectivity index (χ0) is 18.9. The molecule has 0 atom stereocenters. The van der Waals surface area contributed by atoms with Crippen LogP contribution in [0.5, 0.6) is 0 Å². The molecule has 0 aliphatic carbocycles. The van der Waals surface area contributed by atoms with Gasteiger partial charge in [0, 0.05) is 45.3 Å². The van der Waals surface area contributed by atoms with E-state index in [1.807, 2.05) is 30.3 Å². The van der Waals surface area contributed by atoms with Gasteiger partial charge in [-0.2, -0.15) is 17.0 Å². The van der Waals surface area contributed by atoms with Crippen LogP contribution in [0.3, 0.4) is 0 Å². The van der Waals surface area contributed by atoms with Crippen molar-refractivity contribution < 1.29 is 17.6 Å². The SMILES string of the molecule is COCC1CCN(S(=O)(=O)N2CCc3oc(-c4ccccc4)nc3C2)CC1. The van der Waals surface area contributed by atoms with E-state index in [1.54, 1.807) is 11.4 Å². The molecule has 2 aliphatic heterocycles. The van der Waals surface area contributed by atoms with Crippen molar-refractivity contribution in [3.8, 4) is 11.5 Å². The minimum Gasteiger partial charge on any atom is -0.441 e. The number of oxazole rings is 1. The standard InChI is InChI=1S/C19H25N3O4S/c1-25-14-15-7-10-21(11-8-15)27(23,24)22-12-9-18-17(13-22)20-19(26-18)16-5-3-2-4-6-16/h2-6,15H,7-14H2,1H3. The third-order valence-electron chi connectivity index (χ3n) is 5.34. The molecule has 7 nitrogen and oxygen atoms in total. The van der Waals surface area contributed by atoms with Gasteiger partial charge >= 0.3 is 0 Å². The molecule has 0 unspecified atom stereocenters. The second kappa shape index (κ2) is 7.71. The summed E-state index contributed by atoms with van der Waals surface area (Å²) in [6.07, 6.45) is 2.23. The van der Waals surface area contributed by atoms with E-state index in [9.17, 15) is 8.42 Å². The molecule has 27 heavy (non-hydrogen) atoms. The molecule has 0 saturated carbocycles. The summed E-state index contributed by atoms with van der Waals surface area (Å²) in [5.74, 6) is 1.79. The predicted molar refractivity (Wildman–Crippen MR) is 101 cm³/mol. The van der Waals surface area contributed by atoms with E-state index in [2.05, 4.69) is 4.98 Å². The average molecular weight is 391 g/mol. The van der Waals surface area contributed by atoms with E-state index in [-0.39, 0.29) is 6.54 Å². The highest BCUT2D eigenvalue weighted by Crippen LogP contribution is 2.29. The van der Waals surface area contributed by atoms with Crippen LogP contribution in [0.4, 0.5) is 0 Å². The molecule has 0 radical (unpaired) electrons. The molecular weight excluding hydrogens is 366 g/mol. The fourth-order valence-electron chi connectivity index (χ4n) is 3.78. The van der Waals surface area contributed by atoms with Gasteiger partial charge in [-0.05, 0) is 30.9 Å². The zero-order valence-corrected chi connectivity index (χ0v) is 16.3. The Morgan fingerprint density at radius 2 is 1.89 bits per heavy atom. The molecule has 0 N–H and O–H groups in total. The fraction of sp³-hybridized carbons (Fsp3) is 0.526. The summed E-state index contributed by atoms with van der Waals surface area (Å²) in [6, 6.07) is 9.69. The third kappa shape index (κ3) is 3.80. The summed E-state index contributed by atoms with van der Waals surface area (Å²) in [5.41, 5.74) is 1.62. The second-order valence-electron chi connectivity index (χ2n) is 7.14. The molecule has 0 amide bonds. The molecule has 2 aromatic rings. The minimum atomic E-state index is -3.48. The van der Waals surface area contributed by atoms with Gasteiger partial charge in [0.25, 0.3) is 10.2 Å². The topological polar surface area (TPSA) is 75.9 Å². The van der Waals surface area contributed by atoms with E-state index in [0.717, 1.165) is 29.9 Å². The van der Waals surface area contributed by atoms with E-state index in [4.69, 9.17) is 9.15 Å². The first-order valence-electron chi connectivity index (χ1n) is 9.36. The Morgan fingerprint density at radius 1 is 1.15 bits per heavy atom. The molecule has 3 heterocycles. The lowest BCUT2D eigenvalue weighted by atomic mass is 9.99. The number of methoxy groups -OCH3 is 1. The number of hydrogen-bond acceptors (Lipinski definition) is 5. The minimum absolute atomic E-state index is 0.270. The van der Waals surface area contributed by atoms with Gasteiger partial charge < -0.3 is 9.15 Å². The lowest BCUT2D eigenvalue weighted by molar-refractivity contribution is 0.119. The van der Waals surface area contributed by atoms with Crippen molar-refractivity contribution in [1.82, 2.24) is 13.6 Å². The first-order valence-corrected chi connectivity index (χ1v) is 10.8. The molecule has 1 fully saturated rings. The Labute approximate surface area is 160 Å². The number of nitrogens with zero attached hydrogens (tertiary/aromatic N) is 3. The van der Waals surface area contributed by atoms with Crippen LogP contribution in [0.15, 0.2) is 34.7 Å². The fourth-order valence-corrected chi connectivity index (χ4v) is 5.39. The monoisotopic (exact) mass is 391 g/mol. The molecule has 8 heteroatoms. The highest BCUT2D eigenvalue weighted by Gasteiger charge is 2.36. The summed E-state index contributed by atoms with van der Waals surface area (Å²) in [7, 11) is -1.79. The summed E-state index contributed by atoms with van der Waals surface area (Å²) in [6.45, 7) is 2.49. The Morgan fingerprint density at radius 3 is 2.59 bits per heavy atom. The van der Waals surface area contributed by atoms with Crippen LogP contribution < -0.4 is 0 Å². The van der Waals surface area contributed by atoms with Crippen LogP contribution in [0, 0.1) is 5.92 Å². The number of benzene rings is 1. The van der Waals surface area contributed by atoms with Gasteiger partial charge in [-0.25, -0.2) is 4.98 Å². The van der Waals surface area contributed by atoms with Crippen molar-refractivity contribution in [2.75, 3.05) is 33.4 Å². The zero-order valence-electron chi connectivity index (χ0n) is 15.5. The summed E-state index contributed by atoms with van der Waals surface area (Å²) in [4.78, 5) is 4.56. The third-order valence-corrected chi connectivity index (χ3v) is 7.32. The quantitative estimate of drug-likeness (QED) is 0.782. The van der Waals surface area contributed by atoms with Gasteiger partial charge in [0.15, 0.2) is 0 Å². The Hall–Kier alpha value is -1.74. The number of aromatic nitrogens is 1. The molecule has 146 valence electrons. The smallest absolute Gasteiger partial charge is 0.282 e. The average Bonchev–Trinajstić information content (AvgIpc) is 3.13. The van der Waals surface area contributed by atoms with Crippen LogP contribution in [0.25, 0.3) is 11.5 Å². The molecule has 0 spiro atoms. The predicted octanol–water partition coefficient (Wildman–Crippen LogP) is 2.30. The Kier molecular flexibility index (Phi) is 5.32. The number of hydrogen-bond donors (Lipinski definition) is 0. The van der Waals surface area contributed by atoms with Gasteiger partial charge in [0.1, 0.15) is 5.76 Å². The molecule has 4 rings (SSSR count). The van der Waals surface area contributed by atoms with Gasteiger partial charge in [-0.1, -0.05) is 18.2 Å². The maximum absolute atomic E-state index is 13.1. The number of ether oxygens (including phenoxy) is 1. The maximum atomic E-state index is 13.1. The normalized spacial score (nSPS) is 19.9. The summed E-state index contributed by atoms with van der Waals surface area (Å²) < 4.78 is 40.3. The maximum Gasteiger partial charge on any atom is 0.282 e. The van der Waals surface area contributed by atoms with Crippen molar-refractivity contribution in [3.05, 3.63) is 41.8 Å². The van der Waals surface area contributed by atoms with Crippen LogP contribution >= 0.6 is 0 Å². The van der Waals surface area contributed by atoms with E-state index in [1.165, 1.54) is 4.31 Å². The van der Waals surface area contributed by atoms with Crippen LogP contribution in [0.1, 0.15) is 24.3 Å². The number of fused-ring (bicyclic) bond motifs is 1. The lowest BCUT2D eigenvalue weighted by Gasteiger charge is -2.35. The first-order chi connectivity index (χ1) is 13.1. The van der Waals surface area contributed by atoms with Crippen molar-refractivity contribution in [3.63, 3.8) is 0 Å². The van der Waals surface area contributed by atoms with E-state index in [0.29, 0.717) is 44.5 Å². The van der Waals surface area contributed by atoms with Gasteiger partial charge in [-0.15, -0.1) is 0 Å². The van der Waals surface area contributed by atoms with Gasteiger partial charge in [-0.3, -0.25) is 0 Å². The van der Waals surface area contributed by atoms with Crippen LogP contribution in [-0.4, -0.2) is 55.4 Å². The van der Waals surface area contributed by atoms with Crippen molar-refractivity contribution in [1.29, 1.82) is 0 Å². The molecular formula is C19H25N3O4S. The first kappa shape index (κ1) is 18.6. The van der Waals surface area contributed by atoms with Gasteiger partial charge in [0.2, 0.25) is 5.89 Å². The number of piperidine rings is 1. The molecule has 1 saturated heterocycles. The van der Waals surface area contributed by atoms with Gasteiger partial charge in [0.05, 0.1) is 12.2 Å². The molecule has 2 aliphatic rings. The van der Waals surface area contributed by atoms with Crippen LogP contribution in [-0.2, 0) is 27.9 Å². The van der Waals surface area contributed by atoms with Crippen molar-refractivity contribution in [2.24, 2.45) is 5.92 Å². The Bertz CT molecular complexity index is 874. The van der Waals surface area contributed by atoms with E-state index >= 15 is 0 Å². The van der Waals surface area contributed by atoms with E-state index < -0.39 is 10.2 Å². The number of rotatable bonds is 5. The van der Waals surface area contributed by atoms with Crippen molar-refractivity contribution >= 4 is 10.2 Å².